The standard InChI is InChI=1S/C27H32N4O4S2/c1-17-5-6-20(15-18(17)2)25-24(32)21(16-36-25)19(3)29-30-27(34)23-8-7-22(37-23)26(33)28-9-4-10-31-11-13-35-14-12-31/h5-8,15-16,32H,4,9-14H2,1-3H3,(H,28,33)(H,30,34)/b29-19+. The van der Waals surface area contributed by atoms with E-state index in [0.29, 0.717) is 27.6 Å². The summed E-state index contributed by atoms with van der Waals surface area (Å²) in [6.45, 7) is 10.7. The smallest absolute Gasteiger partial charge is 0.281 e. The van der Waals surface area contributed by atoms with Crippen LogP contribution in [0.3, 0.4) is 0 Å². The molecule has 196 valence electrons. The summed E-state index contributed by atoms with van der Waals surface area (Å²) < 4.78 is 5.34. The van der Waals surface area contributed by atoms with Gasteiger partial charge in [0.25, 0.3) is 11.8 Å². The first-order chi connectivity index (χ1) is 17.8. The van der Waals surface area contributed by atoms with Crippen molar-refractivity contribution < 1.29 is 19.4 Å². The zero-order valence-corrected chi connectivity index (χ0v) is 22.9. The van der Waals surface area contributed by atoms with Crippen LogP contribution in [0.4, 0.5) is 0 Å². The second-order valence-corrected chi connectivity index (χ2v) is 11.0. The van der Waals surface area contributed by atoms with Gasteiger partial charge in [-0.05, 0) is 62.6 Å². The first-order valence-electron chi connectivity index (χ1n) is 12.2. The van der Waals surface area contributed by atoms with Crippen LogP contribution in [-0.4, -0.2) is 66.9 Å². The third-order valence-electron chi connectivity index (χ3n) is 6.34. The van der Waals surface area contributed by atoms with E-state index < -0.39 is 5.91 Å². The van der Waals surface area contributed by atoms with Gasteiger partial charge < -0.3 is 15.2 Å². The monoisotopic (exact) mass is 540 g/mol. The van der Waals surface area contributed by atoms with Gasteiger partial charge in [-0.2, -0.15) is 5.10 Å². The summed E-state index contributed by atoms with van der Waals surface area (Å²) in [5, 5.41) is 19.7. The third-order valence-corrected chi connectivity index (χ3v) is 8.44. The molecule has 2 aromatic heterocycles. The minimum absolute atomic E-state index is 0.146. The van der Waals surface area contributed by atoms with E-state index >= 15 is 0 Å². The topological polar surface area (TPSA) is 103 Å². The van der Waals surface area contributed by atoms with Crippen molar-refractivity contribution in [1.29, 1.82) is 0 Å². The van der Waals surface area contributed by atoms with Crippen LogP contribution in [0, 0.1) is 13.8 Å². The molecule has 1 aliphatic heterocycles. The number of carbonyl (C=O) groups is 2. The molecular formula is C27H32N4O4S2. The highest BCUT2D eigenvalue weighted by Crippen LogP contribution is 2.39. The Morgan fingerprint density at radius 2 is 1.81 bits per heavy atom. The summed E-state index contributed by atoms with van der Waals surface area (Å²) in [7, 11) is 0. The van der Waals surface area contributed by atoms with E-state index in [1.165, 1.54) is 16.9 Å². The fraction of sp³-hybridized carbons (Fsp3) is 0.370. The van der Waals surface area contributed by atoms with E-state index in [-0.39, 0.29) is 11.7 Å². The van der Waals surface area contributed by atoms with Crippen LogP contribution in [0.5, 0.6) is 5.75 Å². The molecule has 4 rings (SSSR count). The number of nitrogens with zero attached hydrogens (tertiary/aromatic N) is 2. The van der Waals surface area contributed by atoms with Crippen molar-refractivity contribution in [2.45, 2.75) is 27.2 Å². The molecule has 1 fully saturated rings. The zero-order chi connectivity index (χ0) is 26.4. The van der Waals surface area contributed by atoms with Gasteiger partial charge in [-0.1, -0.05) is 18.2 Å². The maximum absolute atomic E-state index is 12.6. The van der Waals surface area contributed by atoms with Gasteiger partial charge in [-0.15, -0.1) is 22.7 Å². The molecule has 3 N–H and O–H groups in total. The summed E-state index contributed by atoms with van der Waals surface area (Å²) in [6.07, 6.45) is 0.860. The Hall–Kier alpha value is -3.05. The number of hydrogen-bond acceptors (Lipinski definition) is 8. The average Bonchev–Trinajstić information content (AvgIpc) is 3.55. The molecule has 2 amide bonds. The van der Waals surface area contributed by atoms with Gasteiger partial charge in [0.1, 0.15) is 5.75 Å². The second-order valence-electron chi connectivity index (χ2n) is 8.99. The summed E-state index contributed by atoms with van der Waals surface area (Å²) in [4.78, 5) is 29.0. The molecule has 37 heavy (non-hydrogen) atoms. The number of benzene rings is 1. The molecule has 0 spiro atoms. The molecule has 3 heterocycles. The van der Waals surface area contributed by atoms with E-state index in [1.807, 2.05) is 30.5 Å². The van der Waals surface area contributed by atoms with Gasteiger partial charge in [-0.25, -0.2) is 5.43 Å². The highest BCUT2D eigenvalue weighted by molar-refractivity contribution is 7.16. The number of aryl methyl sites for hydroxylation is 2. The number of ether oxygens (including phenoxy) is 1. The average molecular weight is 541 g/mol. The summed E-state index contributed by atoms with van der Waals surface area (Å²) in [5.74, 6) is -0.444. The molecule has 10 heteroatoms. The number of amides is 2. The van der Waals surface area contributed by atoms with Crippen LogP contribution < -0.4 is 10.7 Å². The molecule has 0 radical (unpaired) electrons. The van der Waals surface area contributed by atoms with E-state index in [1.54, 1.807) is 19.1 Å². The molecule has 0 saturated carbocycles. The second kappa shape index (κ2) is 12.5. The molecule has 1 saturated heterocycles. The predicted molar refractivity (Wildman–Crippen MR) is 149 cm³/mol. The normalized spacial score (nSPS) is 14.5. The molecular weight excluding hydrogens is 508 g/mol. The van der Waals surface area contributed by atoms with Crippen molar-refractivity contribution >= 4 is 40.2 Å². The van der Waals surface area contributed by atoms with E-state index in [9.17, 15) is 14.7 Å². The Bertz CT molecular complexity index is 1290. The van der Waals surface area contributed by atoms with Crippen molar-refractivity contribution in [3.63, 3.8) is 0 Å². The highest BCUT2D eigenvalue weighted by atomic mass is 32.1. The van der Waals surface area contributed by atoms with E-state index in [0.717, 1.165) is 66.6 Å². The Morgan fingerprint density at radius 3 is 2.54 bits per heavy atom. The first kappa shape index (κ1) is 27.0. The van der Waals surface area contributed by atoms with Crippen molar-refractivity contribution in [3.05, 3.63) is 62.2 Å². The molecule has 0 aliphatic carbocycles. The van der Waals surface area contributed by atoms with Crippen molar-refractivity contribution in [2.24, 2.45) is 5.10 Å². The quantitative estimate of drug-likeness (QED) is 0.212. The molecule has 0 atom stereocenters. The Kier molecular flexibility index (Phi) is 9.09. The Labute approximate surface area is 225 Å². The van der Waals surface area contributed by atoms with Gasteiger partial charge in [0.15, 0.2) is 0 Å². The minimum atomic E-state index is -0.403. The van der Waals surface area contributed by atoms with Gasteiger partial charge in [0.2, 0.25) is 0 Å². The summed E-state index contributed by atoms with van der Waals surface area (Å²) in [5.41, 5.74) is 6.89. The largest absolute Gasteiger partial charge is 0.506 e. The molecule has 0 unspecified atom stereocenters. The number of rotatable bonds is 9. The van der Waals surface area contributed by atoms with Crippen LogP contribution in [-0.2, 0) is 4.74 Å². The summed E-state index contributed by atoms with van der Waals surface area (Å²) >= 11 is 2.55. The highest BCUT2D eigenvalue weighted by Gasteiger charge is 2.17. The lowest BCUT2D eigenvalue weighted by Gasteiger charge is -2.26. The Balaban J connectivity index is 1.30. The molecule has 1 aliphatic rings. The number of thiophene rings is 2. The summed E-state index contributed by atoms with van der Waals surface area (Å²) in [6, 6.07) is 9.33. The number of hydrogen-bond donors (Lipinski definition) is 3. The molecule has 0 bridgehead atoms. The third kappa shape index (κ3) is 6.84. The van der Waals surface area contributed by atoms with Crippen LogP contribution in [0.25, 0.3) is 10.4 Å². The fourth-order valence-electron chi connectivity index (χ4n) is 3.94. The number of carbonyl (C=O) groups excluding carboxylic acids is 2. The number of hydrazone groups is 1. The SMILES string of the molecule is C/C(=N\NC(=O)c1ccc(C(=O)NCCCN2CCOCC2)s1)c1csc(-c2ccc(C)c(C)c2)c1O. The van der Waals surface area contributed by atoms with Crippen LogP contribution >= 0.6 is 22.7 Å². The molecule has 3 aromatic rings. The lowest BCUT2D eigenvalue weighted by molar-refractivity contribution is 0.0374. The Morgan fingerprint density at radius 1 is 1.08 bits per heavy atom. The van der Waals surface area contributed by atoms with Gasteiger partial charge in [-0.3, -0.25) is 14.5 Å². The van der Waals surface area contributed by atoms with Crippen molar-refractivity contribution in [3.8, 4) is 16.2 Å². The van der Waals surface area contributed by atoms with Crippen molar-refractivity contribution in [2.75, 3.05) is 39.4 Å². The zero-order valence-electron chi connectivity index (χ0n) is 21.3. The van der Waals surface area contributed by atoms with Crippen LogP contribution in [0.1, 0.15) is 49.4 Å². The van der Waals surface area contributed by atoms with Gasteiger partial charge in [0.05, 0.1) is 39.1 Å². The van der Waals surface area contributed by atoms with Gasteiger partial charge >= 0.3 is 0 Å². The minimum Gasteiger partial charge on any atom is -0.506 e. The molecule has 1 aromatic carbocycles. The number of aromatic hydroxyl groups is 1. The first-order valence-corrected chi connectivity index (χ1v) is 13.9. The maximum atomic E-state index is 12.6. The fourth-order valence-corrected chi connectivity index (χ4v) is 5.76. The van der Waals surface area contributed by atoms with Crippen molar-refractivity contribution in [1.82, 2.24) is 15.6 Å². The lowest BCUT2D eigenvalue weighted by atomic mass is 10.0. The molecule has 8 nitrogen and oxygen atoms in total. The van der Waals surface area contributed by atoms with Crippen LogP contribution in [0.15, 0.2) is 40.8 Å². The van der Waals surface area contributed by atoms with Gasteiger partial charge in [0, 0.05) is 25.0 Å². The number of morpholine rings is 1. The lowest BCUT2D eigenvalue weighted by Crippen LogP contribution is -2.38. The van der Waals surface area contributed by atoms with E-state index in [2.05, 4.69) is 27.7 Å². The predicted octanol–water partition coefficient (Wildman–Crippen LogP) is 4.41. The van der Waals surface area contributed by atoms with Crippen LogP contribution in [0.2, 0.25) is 0 Å². The maximum Gasteiger partial charge on any atom is 0.281 e. The van der Waals surface area contributed by atoms with E-state index in [4.69, 9.17) is 4.74 Å². The number of nitrogens with one attached hydrogen (secondary N) is 2.